The second kappa shape index (κ2) is 12.8. The summed E-state index contributed by atoms with van der Waals surface area (Å²) in [5.74, 6) is -0.505. The molecule has 3 aromatic rings. The number of carbonyl (C=O) groups excluding carboxylic acids is 2. The number of halogens is 1. The molecule has 1 unspecified atom stereocenters. The summed E-state index contributed by atoms with van der Waals surface area (Å²) in [4.78, 5) is 28.0. The zero-order valence-corrected chi connectivity index (χ0v) is 23.4. The minimum atomic E-state index is -4.18. The predicted molar refractivity (Wildman–Crippen MR) is 149 cm³/mol. The molecule has 0 aliphatic carbocycles. The number of anilines is 1. The highest BCUT2D eigenvalue weighted by Crippen LogP contribution is 2.32. The van der Waals surface area contributed by atoms with Crippen LogP contribution in [0.5, 0.6) is 5.75 Å². The number of sulfonamides is 1. The van der Waals surface area contributed by atoms with Crippen molar-refractivity contribution >= 4 is 39.1 Å². The van der Waals surface area contributed by atoms with Crippen LogP contribution in [-0.4, -0.2) is 51.9 Å². The fraction of sp³-hybridized carbons (Fsp3) is 0.286. The number of nitrogens with one attached hydrogen (secondary N) is 1. The van der Waals surface area contributed by atoms with Gasteiger partial charge in [-0.15, -0.1) is 0 Å². The van der Waals surface area contributed by atoms with Crippen LogP contribution in [0.4, 0.5) is 5.69 Å². The summed E-state index contributed by atoms with van der Waals surface area (Å²) in [5.41, 5.74) is 1.89. The molecule has 8 nitrogen and oxygen atoms in total. The first-order chi connectivity index (χ1) is 18.1. The van der Waals surface area contributed by atoms with E-state index in [1.807, 2.05) is 37.3 Å². The van der Waals surface area contributed by atoms with Gasteiger partial charge in [0.2, 0.25) is 11.8 Å². The number of ether oxygens (including phenoxy) is 1. The van der Waals surface area contributed by atoms with E-state index < -0.39 is 28.5 Å². The van der Waals surface area contributed by atoms with Gasteiger partial charge in [0.25, 0.3) is 10.0 Å². The monoisotopic (exact) mass is 557 g/mol. The minimum absolute atomic E-state index is 0.0239. The van der Waals surface area contributed by atoms with Crippen LogP contribution in [0, 0.1) is 6.92 Å². The van der Waals surface area contributed by atoms with Crippen LogP contribution < -0.4 is 14.4 Å². The Morgan fingerprint density at radius 2 is 1.68 bits per heavy atom. The lowest BCUT2D eigenvalue weighted by atomic mass is 10.1. The van der Waals surface area contributed by atoms with Gasteiger partial charge >= 0.3 is 0 Å². The number of methoxy groups -OCH3 is 1. The third kappa shape index (κ3) is 6.65. The molecule has 1 N–H and O–H groups in total. The van der Waals surface area contributed by atoms with Crippen molar-refractivity contribution in [2.24, 2.45) is 0 Å². The molecule has 0 radical (unpaired) electrons. The molecule has 0 aromatic heterocycles. The maximum Gasteiger partial charge on any atom is 0.264 e. The van der Waals surface area contributed by atoms with Crippen LogP contribution in [0.2, 0.25) is 5.02 Å². The van der Waals surface area contributed by atoms with Crippen molar-refractivity contribution in [3.63, 3.8) is 0 Å². The molecule has 0 heterocycles. The highest BCUT2D eigenvalue weighted by molar-refractivity contribution is 7.92. The Bertz CT molecular complexity index is 1360. The normalized spacial score (nSPS) is 11.9. The maximum atomic E-state index is 13.9. The van der Waals surface area contributed by atoms with E-state index in [2.05, 4.69) is 5.32 Å². The molecular weight excluding hydrogens is 526 g/mol. The number of likely N-dealkylation sites (N-methyl/N-ethyl adjacent to an activating group) is 1. The molecule has 0 aliphatic heterocycles. The third-order valence-corrected chi connectivity index (χ3v) is 8.22. The van der Waals surface area contributed by atoms with E-state index in [1.54, 1.807) is 25.1 Å². The molecule has 0 saturated heterocycles. The topological polar surface area (TPSA) is 96.0 Å². The van der Waals surface area contributed by atoms with Crippen molar-refractivity contribution in [1.29, 1.82) is 0 Å². The zero-order valence-electron chi connectivity index (χ0n) is 21.8. The highest BCUT2D eigenvalue weighted by atomic mass is 35.5. The van der Waals surface area contributed by atoms with Crippen LogP contribution in [0.1, 0.15) is 24.5 Å². The third-order valence-electron chi connectivity index (χ3n) is 6.14. The number of rotatable bonds is 11. The van der Waals surface area contributed by atoms with Gasteiger partial charge in [0.15, 0.2) is 0 Å². The maximum absolute atomic E-state index is 13.9. The van der Waals surface area contributed by atoms with Crippen LogP contribution in [0.25, 0.3) is 0 Å². The molecule has 0 bridgehead atoms. The van der Waals surface area contributed by atoms with Crippen molar-refractivity contribution in [1.82, 2.24) is 10.2 Å². The molecule has 0 fully saturated rings. The fourth-order valence-corrected chi connectivity index (χ4v) is 5.70. The number of carbonyl (C=O) groups is 2. The molecule has 3 aromatic carbocycles. The predicted octanol–water partition coefficient (Wildman–Crippen LogP) is 4.41. The summed E-state index contributed by atoms with van der Waals surface area (Å²) in [5, 5.41) is 2.80. The lowest BCUT2D eigenvalue weighted by Gasteiger charge is -2.33. The molecule has 3 rings (SSSR count). The van der Waals surface area contributed by atoms with Gasteiger partial charge in [-0.1, -0.05) is 66.6 Å². The Hall–Kier alpha value is -3.56. The van der Waals surface area contributed by atoms with Crippen molar-refractivity contribution < 1.29 is 22.7 Å². The Kier molecular flexibility index (Phi) is 9.77. The standard InChI is InChI=1S/C28H32ClN3O5S/c1-5-25(28(34)30-3)31(18-21-9-7-6-8-10-21)27(33)19-32(22-13-16-26(37-4)24(29)17-22)38(35,36)23-14-11-20(2)12-15-23/h6-17,25H,5,18-19H2,1-4H3,(H,30,34). The van der Waals surface area contributed by atoms with Crippen LogP contribution in [-0.2, 0) is 26.2 Å². The van der Waals surface area contributed by atoms with Crippen molar-refractivity contribution in [2.45, 2.75) is 37.8 Å². The second-order valence-corrected chi connectivity index (χ2v) is 11.0. The van der Waals surface area contributed by atoms with Gasteiger partial charge in [-0.3, -0.25) is 13.9 Å². The van der Waals surface area contributed by atoms with E-state index in [1.165, 1.54) is 43.3 Å². The summed E-state index contributed by atoms with van der Waals surface area (Å²) in [7, 11) is -1.22. The minimum Gasteiger partial charge on any atom is -0.495 e. The second-order valence-electron chi connectivity index (χ2n) is 8.69. The first-order valence-electron chi connectivity index (χ1n) is 12.1. The first-order valence-corrected chi connectivity index (χ1v) is 13.9. The van der Waals surface area contributed by atoms with E-state index in [0.29, 0.717) is 12.2 Å². The number of nitrogens with zero attached hydrogens (tertiary/aromatic N) is 2. The van der Waals surface area contributed by atoms with Gasteiger partial charge in [0.05, 0.1) is 22.7 Å². The van der Waals surface area contributed by atoms with Crippen LogP contribution in [0.15, 0.2) is 77.7 Å². The zero-order chi connectivity index (χ0) is 27.9. The Morgan fingerprint density at radius 1 is 1.03 bits per heavy atom. The summed E-state index contributed by atoms with van der Waals surface area (Å²) in [6.45, 7) is 3.24. The molecule has 2 amide bonds. The van der Waals surface area contributed by atoms with Gasteiger partial charge in [-0.2, -0.15) is 0 Å². The smallest absolute Gasteiger partial charge is 0.264 e. The number of aryl methyl sites for hydroxylation is 1. The molecule has 0 saturated carbocycles. The number of hydrogen-bond donors (Lipinski definition) is 1. The highest BCUT2D eigenvalue weighted by Gasteiger charge is 2.33. The quantitative estimate of drug-likeness (QED) is 0.377. The van der Waals surface area contributed by atoms with Crippen LogP contribution >= 0.6 is 11.6 Å². The molecule has 38 heavy (non-hydrogen) atoms. The van der Waals surface area contributed by atoms with E-state index in [4.69, 9.17) is 16.3 Å². The Balaban J connectivity index is 2.08. The lowest BCUT2D eigenvalue weighted by molar-refractivity contribution is -0.140. The largest absolute Gasteiger partial charge is 0.495 e. The van der Waals surface area contributed by atoms with Gasteiger partial charge in [-0.25, -0.2) is 8.42 Å². The Morgan fingerprint density at radius 3 is 2.24 bits per heavy atom. The number of hydrogen-bond acceptors (Lipinski definition) is 5. The van der Waals surface area contributed by atoms with Crippen molar-refractivity contribution in [2.75, 3.05) is 25.0 Å². The summed E-state index contributed by atoms with van der Waals surface area (Å²) in [6, 6.07) is 19.3. The summed E-state index contributed by atoms with van der Waals surface area (Å²) < 4.78 is 33.9. The molecule has 10 heteroatoms. The Labute approximate surface area is 229 Å². The van der Waals surface area contributed by atoms with Gasteiger partial charge in [-0.05, 0) is 49.2 Å². The van der Waals surface area contributed by atoms with E-state index in [0.717, 1.165) is 15.4 Å². The average Bonchev–Trinajstić information content (AvgIpc) is 2.91. The van der Waals surface area contributed by atoms with Gasteiger partial charge in [0.1, 0.15) is 18.3 Å². The van der Waals surface area contributed by atoms with E-state index in [9.17, 15) is 18.0 Å². The molecule has 202 valence electrons. The first kappa shape index (κ1) is 29.0. The van der Waals surface area contributed by atoms with E-state index in [-0.39, 0.29) is 28.1 Å². The summed E-state index contributed by atoms with van der Waals surface area (Å²) >= 11 is 6.34. The SMILES string of the molecule is CCC(C(=O)NC)N(Cc1ccccc1)C(=O)CN(c1ccc(OC)c(Cl)c1)S(=O)(=O)c1ccc(C)cc1. The van der Waals surface area contributed by atoms with Crippen molar-refractivity contribution in [3.05, 3.63) is 88.9 Å². The van der Waals surface area contributed by atoms with E-state index >= 15 is 0 Å². The number of amides is 2. The molecule has 0 spiro atoms. The molecule has 1 atom stereocenters. The molecule has 0 aliphatic rings. The van der Waals surface area contributed by atoms with Crippen LogP contribution in [0.3, 0.4) is 0 Å². The molecular formula is C28H32ClN3O5S. The average molecular weight is 558 g/mol. The van der Waals surface area contributed by atoms with Gasteiger partial charge < -0.3 is 15.0 Å². The van der Waals surface area contributed by atoms with Crippen molar-refractivity contribution in [3.8, 4) is 5.75 Å². The number of benzene rings is 3. The van der Waals surface area contributed by atoms with Gasteiger partial charge in [0, 0.05) is 13.6 Å². The summed E-state index contributed by atoms with van der Waals surface area (Å²) in [6.07, 6.45) is 0.345. The lowest BCUT2D eigenvalue weighted by Crippen LogP contribution is -2.51. The fourth-order valence-electron chi connectivity index (χ4n) is 4.04.